The molecule has 2 aliphatic heterocycles. The number of rotatable bonds is 3. The fourth-order valence-electron chi connectivity index (χ4n) is 5.02. The molecule has 124 valence electrons. The van der Waals surface area contributed by atoms with E-state index in [1.54, 1.807) is 0 Å². The van der Waals surface area contributed by atoms with E-state index in [9.17, 15) is 9.59 Å². The molecule has 1 aliphatic carbocycles. The van der Waals surface area contributed by atoms with Gasteiger partial charge in [0.1, 0.15) is 11.6 Å². The highest BCUT2D eigenvalue weighted by Gasteiger charge is 2.54. The fourth-order valence-corrected chi connectivity index (χ4v) is 5.02. The van der Waals surface area contributed by atoms with Crippen LogP contribution in [-0.4, -0.2) is 48.7 Å². The largest absolute Gasteiger partial charge is 0.317 e. The summed E-state index contributed by atoms with van der Waals surface area (Å²) < 4.78 is 0. The molecule has 0 radical (unpaired) electrons. The van der Waals surface area contributed by atoms with Crippen molar-refractivity contribution < 1.29 is 9.59 Å². The summed E-state index contributed by atoms with van der Waals surface area (Å²) in [6.45, 7) is 8.21. The second-order valence-corrected chi connectivity index (χ2v) is 7.69. The Kier molecular flexibility index (Phi) is 4.43. The average molecular weight is 306 g/mol. The van der Waals surface area contributed by atoms with Gasteiger partial charge in [-0.15, -0.1) is 0 Å². The monoisotopic (exact) mass is 306 g/mol. The molecule has 0 aromatic heterocycles. The summed E-state index contributed by atoms with van der Waals surface area (Å²) in [4.78, 5) is 28.1. The highest BCUT2D eigenvalue weighted by Crippen LogP contribution is 2.49. The van der Waals surface area contributed by atoms with Crippen LogP contribution in [0, 0.1) is 10.8 Å². The molecule has 3 rings (SSSR count). The zero-order chi connectivity index (χ0) is 15.8. The normalized spacial score (nSPS) is 29.4. The van der Waals surface area contributed by atoms with E-state index in [0.717, 1.165) is 32.6 Å². The summed E-state index contributed by atoms with van der Waals surface area (Å²) in [7, 11) is 0. The standard InChI is InChI=1S/C18H30N2O2/c1-3-18(4-2)15(21)11-17(12-16(18)22)7-10-20(13-17)14-5-8-19-9-6-14/h14,19H,3-13H2,1-2H3. The van der Waals surface area contributed by atoms with Crippen LogP contribution < -0.4 is 5.32 Å². The average Bonchev–Trinajstić information content (AvgIpc) is 2.92. The van der Waals surface area contributed by atoms with E-state index >= 15 is 0 Å². The summed E-state index contributed by atoms with van der Waals surface area (Å²) >= 11 is 0. The van der Waals surface area contributed by atoms with E-state index in [4.69, 9.17) is 0 Å². The van der Waals surface area contributed by atoms with Crippen molar-refractivity contribution in [1.82, 2.24) is 10.2 Å². The van der Waals surface area contributed by atoms with Gasteiger partial charge in [-0.1, -0.05) is 13.8 Å². The van der Waals surface area contributed by atoms with Crippen molar-refractivity contribution in [3.8, 4) is 0 Å². The van der Waals surface area contributed by atoms with Crippen molar-refractivity contribution in [2.24, 2.45) is 10.8 Å². The Morgan fingerprint density at radius 3 is 2.23 bits per heavy atom. The maximum atomic E-state index is 12.8. The number of hydrogen-bond acceptors (Lipinski definition) is 4. The Morgan fingerprint density at radius 2 is 1.68 bits per heavy atom. The number of carbonyl (C=O) groups excluding carboxylic acids is 2. The first-order chi connectivity index (χ1) is 10.6. The first-order valence-electron chi connectivity index (χ1n) is 9.07. The van der Waals surface area contributed by atoms with Crippen molar-refractivity contribution in [3.05, 3.63) is 0 Å². The third kappa shape index (κ3) is 2.54. The first kappa shape index (κ1) is 16.1. The van der Waals surface area contributed by atoms with Crippen LogP contribution in [0.1, 0.15) is 58.8 Å². The van der Waals surface area contributed by atoms with Gasteiger partial charge >= 0.3 is 0 Å². The van der Waals surface area contributed by atoms with E-state index in [2.05, 4.69) is 10.2 Å². The molecule has 4 heteroatoms. The van der Waals surface area contributed by atoms with Gasteiger partial charge in [0, 0.05) is 25.4 Å². The molecular formula is C18H30N2O2. The van der Waals surface area contributed by atoms with Gasteiger partial charge in [0.05, 0.1) is 5.41 Å². The second-order valence-electron chi connectivity index (χ2n) is 7.69. The van der Waals surface area contributed by atoms with Gasteiger partial charge in [-0.05, 0) is 57.2 Å². The van der Waals surface area contributed by atoms with Crippen molar-refractivity contribution in [1.29, 1.82) is 0 Å². The molecule has 1 spiro atoms. The molecule has 2 saturated heterocycles. The predicted octanol–water partition coefficient (Wildman–Crippen LogP) is 2.17. The van der Waals surface area contributed by atoms with Crippen molar-refractivity contribution in [2.45, 2.75) is 64.8 Å². The maximum absolute atomic E-state index is 12.8. The summed E-state index contributed by atoms with van der Waals surface area (Å²) in [5, 5.41) is 3.41. The molecule has 0 amide bonds. The number of carbonyl (C=O) groups is 2. The fraction of sp³-hybridized carbons (Fsp3) is 0.889. The van der Waals surface area contributed by atoms with Gasteiger partial charge in [0.25, 0.3) is 0 Å². The minimum absolute atomic E-state index is 0.0487. The summed E-state index contributed by atoms with van der Waals surface area (Å²) in [5.74, 6) is 0.446. The number of ketones is 2. The molecule has 0 bridgehead atoms. The van der Waals surface area contributed by atoms with E-state index in [0.29, 0.717) is 31.7 Å². The Labute approximate surface area is 134 Å². The third-order valence-corrected chi connectivity index (χ3v) is 6.64. The smallest absolute Gasteiger partial charge is 0.146 e. The third-order valence-electron chi connectivity index (χ3n) is 6.64. The highest BCUT2D eigenvalue weighted by atomic mass is 16.2. The van der Waals surface area contributed by atoms with E-state index in [1.807, 2.05) is 13.8 Å². The molecule has 3 aliphatic rings. The van der Waals surface area contributed by atoms with Crippen LogP contribution in [0.4, 0.5) is 0 Å². The van der Waals surface area contributed by atoms with Gasteiger partial charge in [0.2, 0.25) is 0 Å². The lowest BCUT2D eigenvalue weighted by Gasteiger charge is -2.42. The Balaban J connectivity index is 1.71. The van der Waals surface area contributed by atoms with Crippen LogP contribution in [0.25, 0.3) is 0 Å². The van der Waals surface area contributed by atoms with Crippen LogP contribution >= 0.6 is 0 Å². The second kappa shape index (κ2) is 6.04. The summed E-state index contributed by atoms with van der Waals surface area (Å²) in [6, 6.07) is 0.648. The Morgan fingerprint density at radius 1 is 1.09 bits per heavy atom. The van der Waals surface area contributed by atoms with Crippen LogP contribution in [0.2, 0.25) is 0 Å². The number of nitrogens with zero attached hydrogens (tertiary/aromatic N) is 1. The highest BCUT2D eigenvalue weighted by molar-refractivity contribution is 6.09. The van der Waals surface area contributed by atoms with Crippen molar-refractivity contribution in [2.75, 3.05) is 26.2 Å². The zero-order valence-corrected chi connectivity index (χ0v) is 14.1. The Hall–Kier alpha value is -0.740. The van der Waals surface area contributed by atoms with Gasteiger partial charge < -0.3 is 5.32 Å². The maximum Gasteiger partial charge on any atom is 0.146 e. The molecule has 0 aromatic carbocycles. The molecular weight excluding hydrogens is 276 g/mol. The van der Waals surface area contributed by atoms with Crippen LogP contribution in [0.5, 0.6) is 0 Å². The minimum Gasteiger partial charge on any atom is -0.317 e. The van der Waals surface area contributed by atoms with Gasteiger partial charge in [-0.2, -0.15) is 0 Å². The van der Waals surface area contributed by atoms with Crippen LogP contribution in [0.15, 0.2) is 0 Å². The summed E-state index contributed by atoms with van der Waals surface area (Å²) in [5.41, 5.74) is -0.708. The van der Waals surface area contributed by atoms with E-state index < -0.39 is 5.41 Å². The molecule has 1 N–H and O–H groups in total. The van der Waals surface area contributed by atoms with Crippen LogP contribution in [0.3, 0.4) is 0 Å². The van der Waals surface area contributed by atoms with Gasteiger partial charge in [0.15, 0.2) is 0 Å². The number of likely N-dealkylation sites (tertiary alicyclic amines) is 1. The number of piperidine rings is 1. The molecule has 4 nitrogen and oxygen atoms in total. The van der Waals surface area contributed by atoms with Crippen molar-refractivity contribution >= 4 is 11.6 Å². The molecule has 22 heavy (non-hydrogen) atoms. The van der Waals surface area contributed by atoms with Gasteiger partial charge in [-0.3, -0.25) is 14.5 Å². The lowest BCUT2D eigenvalue weighted by atomic mass is 9.59. The number of nitrogens with one attached hydrogen (secondary N) is 1. The Bertz CT molecular complexity index is 430. The quantitative estimate of drug-likeness (QED) is 0.812. The summed E-state index contributed by atoms with van der Waals surface area (Å²) in [6.07, 6.45) is 6.03. The number of Topliss-reactive ketones (excluding diaryl/α,β-unsaturated/α-hetero) is 2. The van der Waals surface area contributed by atoms with Crippen LogP contribution in [-0.2, 0) is 9.59 Å². The number of hydrogen-bond donors (Lipinski definition) is 1. The first-order valence-corrected chi connectivity index (χ1v) is 9.07. The lowest BCUT2D eigenvalue weighted by Crippen LogP contribution is -2.50. The van der Waals surface area contributed by atoms with E-state index in [1.165, 1.54) is 12.8 Å². The molecule has 1 saturated carbocycles. The zero-order valence-electron chi connectivity index (χ0n) is 14.1. The topological polar surface area (TPSA) is 49.4 Å². The molecule has 0 aromatic rings. The molecule has 2 heterocycles. The SMILES string of the molecule is CCC1(CC)C(=O)CC2(CCN(C3CCNCC3)C2)CC1=O. The lowest BCUT2D eigenvalue weighted by molar-refractivity contribution is -0.149. The van der Waals surface area contributed by atoms with E-state index in [-0.39, 0.29) is 17.0 Å². The minimum atomic E-state index is -0.659. The molecule has 3 fully saturated rings. The molecule has 0 atom stereocenters. The predicted molar refractivity (Wildman–Crippen MR) is 86.8 cm³/mol. The van der Waals surface area contributed by atoms with Crippen molar-refractivity contribution in [3.63, 3.8) is 0 Å². The van der Waals surface area contributed by atoms with Gasteiger partial charge in [-0.25, -0.2) is 0 Å². The molecule has 0 unspecified atom stereocenters.